The summed E-state index contributed by atoms with van der Waals surface area (Å²) in [4.78, 5) is 0. The van der Waals surface area contributed by atoms with Gasteiger partial charge in [-0.15, -0.1) is 0 Å². The van der Waals surface area contributed by atoms with E-state index in [0.717, 1.165) is 12.8 Å². The van der Waals surface area contributed by atoms with Crippen molar-refractivity contribution >= 4 is 8.32 Å². The van der Waals surface area contributed by atoms with Crippen molar-refractivity contribution in [2.75, 3.05) is 0 Å². The van der Waals surface area contributed by atoms with Crippen molar-refractivity contribution in [3.05, 3.63) is 47.5 Å². The minimum Gasteiger partial charge on any atom is -0.411 e. The highest BCUT2D eigenvalue weighted by Gasteiger charge is 2.25. The van der Waals surface area contributed by atoms with E-state index in [-0.39, 0.29) is 0 Å². The van der Waals surface area contributed by atoms with Gasteiger partial charge in [0.15, 0.2) is 8.32 Å². The number of aryl methyl sites for hydroxylation is 1. The number of hydrogen-bond donors (Lipinski definition) is 0. The van der Waals surface area contributed by atoms with E-state index in [2.05, 4.69) is 56.0 Å². The topological polar surface area (TPSA) is 9.23 Å². The van der Waals surface area contributed by atoms with E-state index < -0.39 is 8.32 Å². The highest BCUT2D eigenvalue weighted by atomic mass is 28.4. The molecule has 1 atom stereocenters. The van der Waals surface area contributed by atoms with Crippen LogP contribution in [0.1, 0.15) is 37.7 Å². The molecule has 110 valence electrons. The van der Waals surface area contributed by atoms with Crippen LogP contribution < -0.4 is 0 Å². The highest BCUT2D eigenvalue weighted by molar-refractivity contribution is 6.69. The van der Waals surface area contributed by atoms with E-state index in [4.69, 9.17) is 4.43 Å². The normalized spacial score (nSPS) is 22.1. The Morgan fingerprint density at radius 2 is 1.90 bits per heavy atom. The Morgan fingerprint density at radius 3 is 2.60 bits per heavy atom. The van der Waals surface area contributed by atoms with Crippen LogP contribution in [0.5, 0.6) is 0 Å². The highest BCUT2D eigenvalue weighted by Crippen LogP contribution is 2.29. The fourth-order valence-corrected chi connectivity index (χ4v) is 3.99. The third-order valence-corrected chi connectivity index (χ3v) is 4.77. The molecule has 2 heteroatoms. The molecule has 20 heavy (non-hydrogen) atoms. The Balaban J connectivity index is 1.92. The van der Waals surface area contributed by atoms with Gasteiger partial charge in [-0.2, -0.15) is 0 Å². The van der Waals surface area contributed by atoms with Gasteiger partial charge in [-0.25, -0.2) is 0 Å². The van der Waals surface area contributed by atoms with Crippen LogP contribution in [0.3, 0.4) is 0 Å². The van der Waals surface area contributed by atoms with E-state index >= 15 is 0 Å². The summed E-state index contributed by atoms with van der Waals surface area (Å²) >= 11 is 0. The molecule has 0 saturated heterocycles. The predicted molar refractivity (Wildman–Crippen MR) is 89.5 cm³/mol. The van der Waals surface area contributed by atoms with Crippen LogP contribution in [-0.4, -0.2) is 14.4 Å². The van der Waals surface area contributed by atoms with Crippen molar-refractivity contribution in [2.45, 2.75) is 64.3 Å². The lowest BCUT2D eigenvalue weighted by Crippen LogP contribution is -2.34. The summed E-state index contributed by atoms with van der Waals surface area (Å²) < 4.78 is 6.36. The summed E-state index contributed by atoms with van der Waals surface area (Å²) in [5.74, 6) is 0. The van der Waals surface area contributed by atoms with Gasteiger partial charge in [0.2, 0.25) is 0 Å². The van der Waals surface area contributed by atoms with Gasteiger partial charge in [0.05, 0.1) is 6.10 Å². The molecular formula is C18H28OSi. The maximum Gasteiger partial charge on any atom is 0.184 e. The number of rotatable bonds is 5. The van der Waals surface area contributed by atoms with Crippen LogP contribution in [0.25, 0.3) is 0 Å². The van der Waals surface area contributed by atoms with Crippen molar-refractivity contribution in [3.8, 4) is 0 Å². The van der Waals surface area contributed by atoms with Crippen LogP contribution >= 0.6 is 0 Å². The van der Waals surface area contributed by atoms with E-state index in [1.165, 1.54) is 31.2 Å². The molecule has 0 aromatic heterocycles. The number of allylic oxidation sites excluding steroid dienone is 1. The minimum absolute atomic E-state index is 0.409. The molecule has 1 aromatic carbocycles. The maximum atomic E-state index is 6.36. The second-order valence-electron chi connectivity index (χ2n) is 6.77. The van der Waals surface area contributed by atoms with E-state index in [1.54, 1.807) is 5.57 Å². The van der Waals surface area contributed by atoms with Crippen molar-refractivity contribution < 1.29 is 4.43 Å². The maximum absolute atomic E-state index is 6.36. The average molecular weight is 289 g/mol. The zero-order valence-electron chi connectivity index (χ0n) is 13.2. The third kappa shape index (κ3) is 5.26. The molecule has 1 aliphatic rings. The molecule has 0 heterocycles. The number of hydrogen-bond acceptors (Lipinski definition) is 1. The Morgan fingerprint density at radius 1 is 1.15 bits per heavy atom. The lowest BCUT2D eigenvalue weighted by Gasteiger charge is -2.31. The smallest absolute Gasteiger partial charge is 0.184 e. The zero-order valence-corrected chi connectivity index (χ0v) is 14.2. The first-order valence-corrected chi connectivity index (χ1v) is 11.4. The first-order valence-electron chi connectivity index (χ1n) is 7.95. The summed E-state index contributed by atoms with van der Waals surface area (Å²) in [6, 6.07) is 10.8. The third-order valence-electron chi connectivity index (χ3n) is 3.77. The SMILES string of the molecule is C[Si](C)(C)OC1CCCC/C1=C\CCc1ccccc1. The van der Waals surface area contributed by atoms with Crippen LogP contribution in [-0.2, 0) is 10.8 Å². The molecule has 0 N–H and O–H groups in total. The molecule has 0 spiro atoms. The predicted octanol–water partition coefficient (Wildman–Crippen LogP) is 5.34. The standard InChI is InChI=1S/C18H28OSi/c1-20(2,3)19-18-15-8-7-13-17(18)14-9-12-16-10-5-4-6-11-16/h4-6,10-11,14,18H,7-9,12-13,15H2,1-3H3/b17-14+. The molecule has 1 fully saturated rings. The van der Waals surface area contributed by atoms with Crippen molar-refractivity contribution in [2.24, 2.45) is 0 Å². The summed E-state index contributed by atoms with van der Waals surface area (Å²) in [6.45, 7) is 6.88. The van der Waals surface area contributed by atoms with Gasteiger partial charge in [-0.3, -0.25) is 0 Å². The molecule has 1 saturated carbocycles. The van der Waals surface area contributed by atoms with E-state index in [9.17, 15) is 0 Å². The Kier molecular flexibility index (Phi) is 5.61. The molecule has 0 radical (unpaired) electrons. The molecule has 1 aliphatic carbocycles. The molecule has 2 rings (SSSR count). The summed E-state index contributed by atoms with van der Waals surface area (Å²) in [5, 5.41) is 0. The van der Waals surface area contributed by atoms with Crippen molar-refractivity contribution in [1.29, 1.82) is 0 Å². The fraction of sp³-hybridized carbons (Fsp3) is 0.556. The monoisotopic (exact) mass is 288 g/mol. The lowest BCUT2D eigenvalue weighted by atomic mass is 9.91. The molecular weight excluding hydrogens is 260 g/mol. The molecule has 1 nitrogen and oxygen atoms in total. The Bertz CT molecular complexity index is 430. The van der Waals surface area contributed by atoms with Gasteiger partial charge >= 0.3 is 0 Å². The second kappa shape index (κ2) is 7.23. The Labute approximate surface area is 125 Å². The molecule has 0 aliphatic heterocycles. The van der Waals surface area contributed by atoms with Crippen LogP contribution in [0.15, 0.2) is 42.0 Å². The van der Waals surface area contributed by atoms with E-state index in [1.807, 2.05) is 0 Å². The largest absolute Gasteiger partial charge is 0.411 e. The van der Waals surface area contributed by atoms with Gasteiger partial charge in [-0.05, 0) is 62.9 Å². The first-order chi connectivity index (χ1) is 9.54. The summed E-state index contributed by atoms with van der Waals surface area (Å²) in [6.07, 6.45) is 10.3. The van der Waals surface area contributed by atoms with Gasteiger partial charge in [0.1, 0.15) is 0 Å². The van der Waals surface area contributed by atoms with Crippen LogP contribution in [0.4, 0.5) is 0 Å². The van der Waals surface area contributed by atoms with Crippen molar-refractivity contribution in [3.63, 3.8) is 0 Å². The first kappa shape index (κ1) is 15.5. The summed E-state index contributed by atoms with van der Waals surface area (Å²) in [5.41, 5.74) is 3.00. The number of benzene rings is 1. The molecule has 1 unspecified atom stereocenters. The second-order valence-corrected chi connectivity index (χ2v) is 11.2. The van der Waals surface area contributed by atoms with E-state index in [0.29, 0.717) is 6.10 Å². The zero-order chi connectivity index (χ0) is 14.4. The van der Waals surface area contributed by atoms with Gasteiger partial charge < -0.3 is 4.43 Å². The minimum atomic E-state index is -1.43. The molecule has 0 amide bonds. The fourth-order valence-electron chi connectivity index (χ4n) is 2.87. The quantitative estimate of drug-likeness (QED) is 0.525. The van der Waals surface area contributed by atoms with Gasteiger partial charge in [-0.1, -0.05) is 42.8 Å². The Hall–Kier alpha value is -0.863. The van der Waals surface area contributed by atoms with Crippen LogP contribution in [0, 0.1) is 0 Å². The van der Waals surface area contributed by atoms with Crippen molar-refractivity contribution in [1.82, 2.24) is 0 Å². The molecule has 1 aromatic rings. The molecule has 0 bridgehead atoms. The average Bonchev–Trinajstić information content (AvgIpc) is 2.40. The van der Waals surface area contributed by atoms with Crippen LogP contribution in [0.2, 0.25) is 19.6 Å². The lowest BCUT2D eigenvalue weighted by molar-refractivity contribution is 0.196. The van der Waals surface area contributed by atoms with Gasteiger partial charge in [0, 0.05) is 0 Å². The summed E-state index contributed by atoms with van der Waals surface area (Å²) in [7, 11) is -1.43. The van der Waals surface area contributed by atoms with Gasteiger partial charge in [0.25, 0.3) is 0 Å².